The van der Waals surface area contributed by atoms with Crippen LogP contribution < -0.4 is 0 Å². The quantitative estimate of drug-likeness (QED) is 0.564. The van der Waals surface area contributed by atoms with Gasteiger partial charge >= 0.3 is 5.97 Å². The van der Waals surface area contributed by atoms with Crippen LogP contribution in [-0.2, 0) is 20.9 Å². The number of nitrogens with one attached hydrogen (secondary N) is 1. The molecule has 9 heteroatoms. The lowest BCUT2D eigenvalue weighted by Crippen LogP contribution is -2.68. The van der Waals surface area contributed by atoms with Crippen molar-refractivity contribution in [1.29, 1.82) is 0 Å². The minimum atomic E-state index is -0.427. The van der Waals surface area contributed by atoms with Crippen LogP contribution in [0.2, 0.25) is 0 Å². The highest BCUT2D eigenvalue weighted by Crippen LogP contribution is 2.42. The van der Waals surface area contributed by atoms with E-state index in [1.165, 1.54) is 7.11 Å². The zero-order valence-electron chi connectivity index (χ0n) is 17.8. The Labute approximate surface area is 181 Å². The van der Waals surface area contributed by atoms with Gasteiger partial charge in [0.1, 0.15) is 11.7 Å². The molecule has 0 radical (unpaired) electrons. The van der Waals surface area contributed by atoms with Crippen LogP contribution >= 0.6 is 0 Å². The monoisotopic (exact) mass is 427 g/mol. The molecule has 3 fully saturated rings. The van der Waals surface area contributed by atoms with Crippen LogP contribution in [0.3, 0.4) is 0 Å². The fourth-order valence-electron chi connectivity index (χ4n) is 6.00. The molecule has 2 bridgehead atoms. The molecular formula is C22H29N5O4. The van der Waals surface area contributed by atoms with E-state index in [1.807, 2.05) is 22.0 Å². The van der Waals surface area contributed by atoms with Gasteiger partial charge in [-0.1, -0.05) is 12.2 Å². The molecule has 0 spiro atoms. The molecule has 4 aliphatic heterocycles. The van der Waals surface area contributed by atoms with Gasteiger partial charge in [0.15, 0.2) is 0 Å². The standard InChI is InChI=1S/C22H29N5O4/c1-31-22(30)19-16(10-23-24-19)13-25-11-14-9-15(12-25)20(21(29)26-7-2-3-8-26)27-17(14)5-4-6-18(27)28/h2-3,10,14-15,17,20H,4-9,11-13H2,1H3,(H,23,24)/t14-,15+,17+,20-/m1/s1. The van der Waals surface area contributed by atoms with E-state index in [2.05, 4.69) is 15.1 Å². The summed E-state index contributed by atoms with van der Waals surface area (Å²) in [6, 6.07) is -0.268. The molecule has 0 aliphatic carbocycles. The average Bonchev–Trinajstić information content (AvgIpc) is 3.46. The highest BCUT2D eigenvalue weighted by molar-refractivity contribution is 5.89. The zero-order valence-corrected chi connectivity index (χ0v) is 17.8. The summed E-state index contributed by atoms with van der Waals surface area (Å²) in [7, 11) is 1.36. The third-order valence-corrected chi connectivity index (χ3v) is 7.30. The lowest BCUT2D eigenvalue weighted by molar-refractivity contribution is -0.164. The fourth-order valence-corrected chi connectivity index (χ4v) is 6.00. The molecule has 1 N–H and O–H groups in total. The van der Waals surface area contributed by atoms with E-state index in [9.17, 15) is 14.4 Å². The van der Waals surface area contributed by atoms with Crippen molar-refractivity contribution in [3.8, 4) is 0 Å². The van der Waals surface area contributed by atoms with Crippen LogP contribution in [0.15, 0.2) is 18.3 Å². The van der Waals surface area contributed by atoms with E-state index < -0.39 is 5.97 Å². The summed E-state index contributed by atoms with van der Waals surface area (Å²) < 4.78 is 4.86. The number of piperidine rings is 3. The number of hydrogen-bond donors (Lipinski definition) is 1. The van der Waals surface area contributed by atoms with E-state index >= 15 is 0 Å². The van der Waals surface area contributed by atoms with Crippen LogP contribution in [0.25, 0.3) is 0 Å². The van der Waals surface area contributed by atoms with Crippen LogP contribution in [0.1, 0.15) is 41.7 Å². The van der Waals surface area contributed by atoms with Crippen molar-refractivity contribution in [2.24, 2.45) is 11.8 Å². The molecule has 3 saturated heterocycles. The first-order valence-electron chi connectivity index (χ1n) is 11.1. The normalized spacial score (nSPS) is 30.4. The second-order valence-corrected chi connectivity index (χ2v) is 9.13. The number of nitrogens with zero attached hydrogens (tertiary/aromatic N) is 4. The summed E-state index contributed by atoms with van der Waals surface area (Å²) >= 11 is 0. The Morgan fingerprint density at radius 3 is 2.77 bits per heavy atom. The second-order valence-electron chi connectivity index (χ2n) is 9.13. The number of aromatic nitrogens is 2. The molecule has 31 heavy (non-hydrogen) atoms. The number of hydrogen-bond acceptors (Lipinski definition) is 6. The Morgan fingerprint density at radius 2 is 2.00 bits per heavy atom. The number of ether oxygens (including phenoxy) is 1. The van der Waals surface area contributed by atoms with Gasteiger partial charge in [0.05, 0.1) is 13.3 Å². The van der Waals surface area contributed by atoms with Gasteiger partial charge in [0, 0.05) is 56.7 Å². The summed E-state index contributed by atoms with van der Waals surface area (Å²) in [6.07, 6.45) is 9.06. The van der Waals surface area contributed by atoms with Crippen molar-refractivity contribution in [3.05, 3.63) is 29.6 Å². The minimum absolute atomic E-state index is 0.0779. The number of H-pyrrole nitrogens is 1. The number of rotatable bonds is 4. The molecule has 2 amide bonds. The third-order valence-electron chi connectivity index (χ3n) is 7.30. The smallest absolute Gasteiger partial charge is 0.356 e. The Kier molecular flexibility index (Phi) is 5.29. The lowest BCUT2D eigenvalue weighted by Gasteiger charge is -2.56. The Hall–Kier alpha value is -2.68. The predicted molar refractivity (Wildman–Crippen MR) is 111 cm³/mol. The van der Waals surface area contributed by atoms with Crippen LogP contribution in [0.5, 0.6) is 0 Å². The van der Waals surface area contributed by atoms with Crippen molar-refractivity contribution < 1.29 is 19.1 Å². The molecule has 4 aliphatic rings. The number of likely N-dealkylation sites (tertiary alicyclic amines) is 1. The summed E-state index contributed by atoms with van der Waals surface area (Å²) in [4.78, 5) is 44.6. The van der Waals surface area contributed by atoms with Gasteiger partial charge in [-0.15, -0.1) is 0 Å². The maximum absolute atomic E-state index is 13.5. The van der Waals surface area contributed by atoms with Crippen LogP contribution in [0.4, 0.5) is 0 Å². The fraction of sp³-hybridized carbons (Fsp3) is 0.636. The van der Waals surface area contributed by atoms with E-state index in [4.69, 9.17) is 4.74 Å². The number of carbonyl (C=O) groups excluding carboxylic acids is 3. The largest absolute Gasteiger partial charge is 0.464 e. The molecule has 5 heterocycles. The number of carbonyl (C=O) groups is 3. The number of fused-ring (bicyclic) bond motifs is 4. The molecular weight excluding hydrogens is 398 g/mol. The predicted octanol–water partition coefficient (Wildman–Crippen LogP) is 0.796. The van der Waals surface area contributed by atoms with E-state index in [-0.39, 0.29) is 29.8 Å². The molecule has 4 atom stereocenters. The molecule has 1 aromatic rings. The topological polar surface area (TPSA) is 98.8 Å². The first kappa shape index (κ1) is 20.2. The zero-order chi connectivity index (χ0) is 21.5. The maximum Gasteiger partial charge on any atom is 0.356 e. The molecule has 0 saturated carbocycles. The minimum Gasteiger partial charge on any atom is -0.464 e. The molecule has 9 nitrogen and oxygen atoms in total. The summed E-state index contributed by atoms with van der Waals surface area (Å²) in [5.41, 5.74) is 1.18. The van der Waals surface area contributed by atoms with Crippen LogP contribution in [0, 0.1) is 11.8 Å². The Balaban J connectivity index is 1.40. The average molecular weight is 428 g/mol. The summed E-state index contributed by atoms with van der Waals surface area (Å²) in [5.74, 6) is 0.223. The molecule has 5 rings (SSSR count). The first-order chi connectivity index (χ1) is 15.1. The van der Waals surface area contributed by atoms with Gasteiger partial charge in [0.2, 0.25) is 11.8 Å². The number of amides is 2. The second kappa shape index (κ2) is 8.11. The molecule has 1 aromatic heterocycles. The van der Waals surface area contributed by atoms with E-state index in [0.29, 0.717) is 37.7 Å². The van der Waals surface area contributed by atoms with Crippen molar-refractivity contribution in [2.75, 3.05) is 33.3 Å². The van der Waals surface area contributed by atoms with Gasteiger partial charge in [0.25, 0.3) is 0 Å². The van der Waals surface area contributed by atoms with Gasteiger partial charge < -0.3 is 14.5 Å². The number of methoxy groups -OCH3 is 1. The molecule has 166 valence electrons. The van der Waals surface area contributed by atoms with E-state index in [0.717, 1.165) is 37.9 Å². The highest BCUT2D eigenvalue weighted by atomic mass is 16.5. The SMILES string of the molecule is COC(=O)c1[nH]ncc1CN1C[C@H]2C[C@@H](C1)[C@H](C(=O)N1CC=CC1)N1C(=O)CCC[C@@H]21. The summed E-state index contributed by atoms with van der Waals surface area (Å²) in [5, 5.41) is 6.77. The van der Waals surface area contributed by atoms with Crippen LogP contribution in [-0.4, -0.2) is 88.1 Å². The lowest BCUT2D eigenvalue weighted by atomic mass is 9.71. The third kappa shape index (κ3) is 3.54. The van der Waals surface area contributed by atoms with Crippen molar-refractivity contribution in [3.63, 3.8) is 0 Å². The summed E-state index contributed by atoms with van der Waals surface area (Å²) in [6.45, 7) is 3.39. The molecule has 0 aromatic carbocycles. The Bertz CT molecular complexity index is 903. The van der Waals surface area contributed by atoms with Gasteiger partial charge in [-0.2, -0.15) is 5.10 Å². The first-order valence-corrected chi connectivity index (χ1v) is 11.1. The number of aromatic amines is 1. The van der Waals surface area contributed by atoms with Crippen molar-refractivity contribution in [1.82, 2.24) is 24.9 Å². The highest BCUT2D eigenvalue weighted by Gasteiger charge is 2.52. The van der Waals surface area contributed by atoms with Crippen molar-refractivity contribution in [2.45, 2.75) is 44.3 Å². The van der Waals surface area contributed by atoms with Gasteiger partial charge in [-0.25, -0.2) is 4.79 Å². The van der Waals surface area contributed by atoms with E-state index in [1.54, 1.807) is 6.20 Å². The van der Waals surface area contributed by atoms with Gasteiger partial charge in [-0.3, -0.25) is 19.6 Å². The van der Waals surface area contributed by atoms with Crippen molar-refractivity contribution >= 4 is 17.8 Å². The molecule has 0 unspecified atom stereocenters. The Morgan fingerprint density at radius 1 is 1.23 bits per heavy atom. The maximum atomic E-state index is 13.5. The van der Waals surface area contributed by atoms with Gasteiger partial charge in [-0.05, 0) is 25.2 Å². The number of esters is 1.